The van der Waals surface area contributed by atoms with Gasteiger partial charge in [0.25, 0.3) is 0 Å². The van der Waals surface area contributed by atoms with Crippen LogP contribution in [0.25, 0.3) is 6.08 Å². The van der Waals surface area contributed by atoms with Crippen molar-refractivity contribution >= 4 is 33.8 Å². The molecule has 0 unspecified atom stereocenters. The largest absolute Gasteiger partial charge is 0.302 e. The molecule has 1 heterocycles. The van der Waals surface area contributed by atoms with Gasteiger partial charge in [-0.2, -0.15) is 10.5 Å². The topological polar surface area (TPSA) is 50.8 Å². The maximum atomic E-state index is 8.91. The summed E-state index contributed by atoms with van der Waals surface area (Å²) in [7, 11) is 0. The summed E-state index contributed by atoms with van der Waals surface area (Å²) in [5.74, 6) is 0. The molecule has 24 heavy (non-hydrogen) atoms. The quantitative estimate of drug-likeness (QED) is 0.582. The van der Waals surface area contributed by atoms with Gasteiger partial charge in [0, 0.05) is 16.3 Å². The zero-order valence-electron chi connectivity index (χ0n) is 12.8. The van der Waals surface area contributed by atoms with E-state index in [1.54, 1.807) is 6.08 Å². The number of allylic oxidation sites excluding steroid dienone is 1. The van der Waals surface area contributed by atoms with E-state index in [0.717, 1.165) is 21.3 Å². The maximum Gasteiger partial charge on any atom is 0.131 e. The molecule has 114 valence electrons. The van der Waals surface area contributed by atoms with E-state index in [0.29, 0.717) is 0 Å². The van der Waals surface area contributed by atoms with Gasteiger partial charge in [-0.15, -0.1) is 11.3 Å². The molecule has 0 spiro atoms. The first-order valence-electron chi connectivity index (χ1n) is 7.34. The number of rotatable bonds is 4. The van der Waals surface area contributed by atoms with Crippen LogP contribution in [0.5, 0.6) is 0 Å². The minimum absolute atomic E-state index is 0.106. The molecule has 0 aliphatic carbocycles. The van der Waals surface area contributed by atoms with E-state index in [2.05, 4.69) is 29.2 Å². The number of benzene rings is 2. The van der Waals surface area contributed by atoms with Gasteiger partial charge in [0.2, 0.25) is 0 Å². The second kappa shape index (κ2) is 7.28. The number of hydrogen-bond acceptors (Lipinski definition) is 4. The van der Waals surface area contributed by atoms with Crippen LogP contribution in [0.3, 0.4) is 0 Å². The molecular formula is C20H13N3S. The van der Waals surface area contributed by atoms with Crippen LogP contribution in [0.1, 0.15) is 4.88 Å². The third kappa shape index (κ3) is 3.35. The summed E-state index contributed by atoms with van der Waals surface area (Å²) in [5.41, 5.74) is 2.22. The van der Waals surface area contributed by atoms with E-state index in [-0.39, 0.29) is 5.57 Å². The Labute approximate surface area is 145 Å². The fourth-order valence-corrected chi connectivity index (χ4v) is 3.32. The Kier molecular flexibility index (Phi) is 4.72. The number of thiophene rings is 1. The normalized spacial score (nSPS) is 9.58. The van der Waals surface area contributed by atoms with Gasteiger partial charge in [-0.3, -0.25) is 0 Å². The van der Waals surface area contributed by atoms with E-state index in [9.17, 15) is 0 Å². The average Bonchev–Trinajstić information content (AvgIpc) is 3.10. The zero-order valence-corrected chi connectivity index (χ0v) is 13.6. The third-order valence-corrected chi connectivity index (χ3v) is 4.41. The molecule has 0 N–H and O–H groups in total. The Hall–Kier alpha value is -3.34. The molecule has 0 aliphatic heterocycles. The van der Waals surface area contributed by atoms with Crippen LogP contribution in [-0.4, -0.2) is 0 Å². The summed E-state index contributed by atoms with van der Waals surface area (Å²) in [6.07, 6.45) is 1.61. The highest BCUT2D eigenvalue weighted by Crippen LogP contribution is 2.38. The molecule has 0 amide bonds. The van der Waals surface area contributed by atoms with Crippen molar-refractivity contribution in [3.8, 4) is 12.1 Å². The third-order valence-electron chi connectivity index (χ3n) is 3.39. The maximum absolute atomic E-state index is 8.91. The second-order valence-electron chi connectivity index (χ2n) is 4.96. The van der Waals surface area contributed by atoms with Gasteiger partial charge in [0.1, 0.15) is 22.7 Å². The Morgan fingerprint density at radius 1 is 0.792 bits per heavy atom. The van der Waals surface area contributed by atoms with Gasteiger partial charge in [0.05, 0.1) is 0 Å². The Morgan fingerprint density at radius 3 is 1.83 bits per heavy atom. The van der Waals surface area contributed by atoms with E-state index in [1.807, 2.05) is 60.7 Å². The van der Waals surface area contributed by atoms with Crippen molar-refractivity contribution in [3.05, 3.63) is 83.2 Å². The number of nitrogens with zero attached hydrogens (tertiary/aromatic N) is 3. The van der Waals surface area contributed by atoms with Crippen LogP contribution in [0.2, 0.25) is 0 Å². The van der Waals surface area contributed by atoms with Crippen LogP contribution in [0, 0.1) is 22.7 Å². The molecule has 3 nitrogen and oxygen atoms in total. The van der Waals surface area contributed by atoms with Gasteiger partial charge >= 0.3 is 0 Å². The number of para-hydroxylation sites is 2. The van der Waals surface area contributed by atoms with E-state index in [4.69, 9.17) is 10.5 Å². The Bertz CT molecular complexity index is 873. The molecule has 0 saturated heterocycles. The van der Waals surface area contributed by atoms with E-state index >= 15 is 0 Å². The van der Waals surface area contributed by atoms with Crippen molar-refractivity contribution in [1.82, 2.24) is 0 Å². The van der Waals surface area contributed by atoms with E-state index < -0.39 is 0 Å². The van der Waals surface area contributed by atoms with Gasteiger partial charge < -0.3 is 4.90 Å². The monoisotopic (exact) mass is 327 g/mol. The highest BCUT2D eigenvalue weighted by Gasteiger charge is 2.13. The SMILES string of the molecule is N#CC(C#N)=Cc1ccc(N(c2ccccc2)c2ccccc2)s1. The van der Waals surface area contributed by atoms with Crippen LogP contribution in [0.15, 0.2) is 78.4 Å². The summed E-state index contributed by atoms with van der Waals surface area (Å²) < 4.78 is 0. The highest BCUT2D eigenvalue weighted by molar-refractivity contribution is 7.17. The minimum Gasteiger partial charge on any atom is -0.302 e. The van der Waals surface area contributed by atoms with Crippen molar-refractivity contribution < 1.29 is 0 Å². The van der Waals surface area contributed by atoms with Gasteiger partial charge in [-0.25, -0.2) is 0 Å². The molecule has 0 radical (unpaired) electrons. The van der Waals surface area contributed by atoms with Crippen molar-refractivity contribution in [2.75, 3.05) is 4.90 Å². The fourth-order valence-electron chi connectivity index (χ4n) is 2.33. The first-order valence-corrected chi connectivity index (χ1v) is 8.15. The van der Waals surface area contributed by atoms with Gasteiger partial charge in [0.15, 0.2) is 0 Å². The molecule has 0 fully saturated rings. The van der Waals surface area contributed by atoms with Crippen molar-refractivity contribution in [2.24, 2.45) is 0 Å². The minimum atomic E-state index is 0.106. The second-order valence-corrected chi connectivity index (χ2v) is 6.06. The molecule has 1 aromatic heterocycles. The van der Waals surface area contributed by atoms with Crippen LogP contribution >= 0.6 is 11.3 Å². The highest BCUT2D eigenvalue weighted by atomic mass is 32.1. The lowest BCUT2D eigenvalue weighted by Gasteiger charge is -2.23. The summed E-state index contributed by atoms with van der Waals surface area (Å²) in [6, 6.07) is 27.9. The smallest absolute Gasteiger partial charge is 0.131 e. The molecular weight excluding hydrogens is 314 g/mol. The predicted molar refractivity (Wildman–Crippen MR) is 98.2 cm³/mol. The van der Waals surface area contributed by atoms with Crippen LogP contribution in [0.4, 0.5) is 16.4 Å². The van der Waals surface area contributed by atoms with Gasteiger partial charge in [-0.05, 0) is 42.5 Å². The first-order chi connectivity index (χ1) is 11.8. The summed E-state index contributed by atoms with van der Waals surface area (Å²) >= 11 is 1.54. The van der Waals surface area contributed by atoms with Crippen molar-refractivity contribution in [1.29, 1.82) is 10.5 Å². The number of nitriles is 2. The molecule has 3 rings (SSSR count). The van der Waals surface area contributed by atoms with Crippen LogP contribution in [-0.2, 0) is 0 Å². The lowest BCUT2D eigenvalue weighted by molar-refractivity contribution is 1.32. The molecule has 3 aromatic rings. The summed E-state index contributed by atoms with van der Waals surface area (Å²) in [6.45, 7) is 0. The Morgan fingerprint density at radius 2 is 1.33 bits per heavy atom. The first kappa shape index (κ1) is 15.6. The lowest BCUT2D eigenvalue weighted by atomic mass is 10.2. The molecule has 0 saturated carbocycles. The number of hydrogen-bond donors (Lipinski definition) is 0. The average molecular weight is 327 g/mol. The van der Waals surface area contributed by atoms with Crippen LogP contribution < -0.4 is 4.90 Å². The number of anilines is 3. The van der Waals surface area contributed by atoms with E-state index in [1.165, 1.54) is 11.3 Å². The van der Waals surface area contributed by atoms with Crippen molar-refractivity contribution in [2.45, 2.75) is 0 Å². The summed E-state index contributed by atoms with van der Waals surface area (Å²) in [4.78, 5) is 3.03. The molecule has 0 bridgehead atoms. The predicted octanol–water partition coefficient (Wildman–Crippen LogP) is 5.65. The Balaban J connectivity index is 2.05. The molecule has 0 atom stereocenters. The molecule has 2 aromatic carbocycles. The zero-order chi connectivity index (χ0) is 16.8. The molecule has 4 heteroatoms. The summed E-state index contributed by atoms with van der Waals surface area (Å²) in [5, 5.41) is 18.8. The van der Waals surface area contributed by atoms with Crippen molar-refractivity contribution in [3.63, 3.8) is 0 Å². The van der Waals surface area contributed by atoms with Gasteiger partial charge in [-0.1, -0.05) is 36.4 Å². The fraction of sp³-hybridized carbons (Fsp3) is 0. The molecule has 0 aliphatic rings. The standard InChI is InChI=1S/C20H13N3S/c21-14-16(15-22)13-19-11-12-20(24-19)23(17-7-3-1-4-8-17)18-9-5-2-6-10-18/h1-13H. The lowest BCUT2D eigenvalue weighted by Crippen LogP contribution is -2.07.